The molecule has 3 nitrogen and oxygen atoms in total. The number of amides is 1. The van der Waals surface area contributed by atoms with Crippen LogP contribution in [0.1, 0.15) is 33.1 Å². The third-order valence-electron chi connectivity index (χ3n) is 2.42. The molecule has 1 aliphatic rings. The highest BCUT2D eigenvalue weighted by atomic mass is 79.9. The summed E-state index contributed by atoms with van der Waals surface area (Å²) in [4.78, 5) is 11.3. The van der Waals surface area contributed by atoms with Crippen LogP contribution in [-0.2, 0) is 4.79 Å². The number of aliphatic hydroxyl groups excluding tert-OH is 1. The van der Waals surface area contributed by atoms with Crippen molar-refractivity contribution in [2.75, 3.05) is 0 Å². The van der Waals surface area contributed by atoms with Crippen molar-refractivity contribution < 1.29 is 9.90 Å². The number of hydrogen-bond donors (Lipinski definition) is 2. The number of rotatable bonds is 1. The Labute approximate surface area is 98.4 Å². The summed E-state index contributed by atoms with van der Waals surface area (Å²) in [5.41, 5.74) is 0.635. The summed E-state index contributed by atoms with van der Waals surface area (Å²) in [6.45, 7) is 3.84. The quantitative estimate of drug-likeness (QED) is 0.722. The molecule has 0 aromatic heterocycles. The van der Waals surface area contributed by atoms with Crippen molar-refractivity contribution in [3.05, 3.63) is 22.0 Å². The Morgan fingerprint density at radius 2 is 2.33 bits per heavy atom. The summed E-state index contributed by atoms with van der Waals surface area (Å²) in [6.07, 6.45) is 3.95. The van der Waals surface area contributed by atoms with E-state index in [4.69, 9.17) is 0 Å². The fourth-order valence-electron chi connectivity index (χ4n) is 1.63. The molecule has 0 aliphatic carbocycles. The van der Waals surface area contributed by atoms with Gasteiger partial charge in [-0.1, -0.05) is 22.9 Å². The van der Waals surface area contributed by atoms with E-state index in [1.165, 1.54) is 0 Å². The summed E-state index contributed by atoms with van der Waals surface area (Å²) in [5.74, 6) is 0.327. The second kappa shape index (κ2) is 5.35. The van der Waals surface area contributed by atoms with Crippen molar-refractivity contribution >= 4 is 21.8 Å². The van der Waals surface area contributed by atoms with Crippen molar-refractivity contribution in [3.63, 3.8) is 0 Å². The zero-order valence-electron chi connectivity index (χ0n) is 9.01. The number of allylic oxidation sites excluding steroid dienone is 3. The van der Waals surface area contributed by atoms with Gasteiger partial charge in [0.15, 0.2) is 0 Å². The van der Waals surface area contributed by atoms with E-state index in [-0.39, 0.29) is 17.6 Å². The van der Waals surface area contributed by atoms with Crippen LogP contribution in [0.5, 0.6) is 0 Å². The Kier molecular flexibility index (Phi) is 4.39. The average molecular weight is 274 g/mol. The molecule has 1 heterocycles. The molecule has 4 heteroatoms. The number of halogens is 1. The van der Waals surface area contributed by atoms with Crippen LogP contribution in [0.3, 0.4) is 0 Å². The number of hydrogen-bond acceptors (Lipinski definition) is 2. The first-order chi connectivity index (χ1) is 7.00. The van der Waals surface area contributed by atoms with E-state index in [0.29, 0.717) is 12.1 Å². The first-order valence-corrected chi connectivity index (χ1v) is 5.86. The summed E-state index contributed by atoms with van der Waals surface area (Å²) in [5, 5.41) is 12.6. The second-order valence-electron chi connectivity index (χ2n) is 3.87. The number of carbonyl (C=O) groups excluding carboxylic acids is 1. The van der Waals surface area contributed by atoms with E-state index in [0.717, 1.165) is 17.3 Å². The van der Waals surface area contributed by atoms with Crippen molar-refractivity contribution in [2.45, 2.75) is 33.1 Å². The van der Waals surface area contributed by atoms with Crippen molar-refractivity contribution in [2.24, 2.45) is 5.92 Å². The third kappa shape index (κ3) is 3.70. The zero-order valence-corrected chi connectivity index (χ0v) is 10.6. The summed E-state index contributed by atoms with van der Waals surface area (Å²) in [7, 11) is 0. The average Bonchev–Trinajstić information content (AvgIpc) is 2.27. The highest BCUT2D eigenvalue weighted by molar-refractivity contribution is 9.11. The predicted molar refractivity (Wildman–Crippen MR) is 63.5 cm³/mol. The van der Waals surface area contributed by atoms with Gasteiger partial charge in [0, 0.05) is 6.42 Å². The number of aliphatic hydroxyl groups is 1. The molecular weight excluding hydrogens is 258 g/mol. The molecule has 84 valence electrons. The van der Waals surface area contributed by atoms with Gasteiger partial charge in [0.1, 0.15) is 5.76 Å². The van der Waals surface area contributed by atoms with Gasteiger partial charge in [0.2, 0.25) is 5.91 Å². The largest absolute Gasteiger partial charge is 0.506 e. The van der Waals surface area contributed by atoms with E-state index in [9.17, 15) is 9.90 Å². The van der Waals surface area contributed by atoms with E-state index in [2.05, 4.69) is 21.2 Å². The standard InChI is InChI=1S/C11H16BrNO2/c1-7-4-3-5-10(15)13-11(7)9(14)6-8(2)12/h6-7,14H,3-5H2,1-2H3,(H,13,15)/b8-6+,11-9-/t7-/m0/s1. The summed E-state index contributed by atoms with van der Waals surface area (Å²) >= 11 is 3.25. The first kappa shape index (κ1) is 12.3. The molecule has 0 aromatic carbocycles. The molecule has 15 heavy (non-hydrogen) atoms. The van der Waals surface area contributed by atoms with Gasteiger partial charge in [-0.15, -0.1) is 0 Å². The Morgan fingerprint density at radius 1 is 1.67 bits per heavy atom. The molecule has 0 aromatic rings. The lowest BCUT2D eigenvalue weighted by atomic mass is 10.0. The molecule has 2 N–H and O–H groups in total. The van der Waals surface area contributed by atoms with Crippen LogP contribution in [0.15, 0.2) is 22.0 Å². The number of nitrogens with one attached hydrogen (secondary N) is 1. The molecule has 1 rings (SSSR count). The summed E-state index contributed by atoms with van der Waals surface area (Å²) in [6, 6.07) is 0. The monoisotopic (exact) mass is 273 g/mol. The third-order valence-corrected chi connectivity index (χ3v) is 2.65. The SMILES string of the molecule is C/C(Br)=C\C(O)=C1\NC(=O)CCC[C@@H]1C. The molecule has 0 radical (unpaired) electrons. The molecule has 0 saturated carbocycles. The van der Waals surface area contributed by atoms with Gasteiger partial charge in [-0.25, -0.2) is 0 Å². The van der Waals surface area contributed by atoms with Gasteiger partial charge in [0.25, 0.3) is 0 Å². The van der Waals surface area contributed by atoms with Crippen LogP contribution in [0.4, 0.5) is 0 Å². The van der Waals surface area contributed by atoms with Gasteiger partial charge in [-0.2, -0.15) is 0 Å². The zero-order chi connectivity index (χ0) is 11.4. The van der Waals surface area contributed by atoms with Crippen LogP contribution in [-0.4, -0.2) is 11.0 Å². The van der Waals surface area contributed by atoms with Crippen LogP contribution < -0.4 is 5.32 Å². The molecule has 1 saturated heterocycles. The first-order valence-electron chi connectivity index (χ1n) is 5.07. The minimum absolute atomic E-state index is 0.0125. The van der Waals surface area contributed by atoms with E-state index < -0.39 is 0 Å². The van der Waals surface area contributed by atoms with Crippen molar-refractivity contribution in [1.82, 2.24) is 5.32 Å². The highest BCUT2D eigenvalue weighted by Crippen LogP contribution is 2.22. The van der Waals surface area contributed by atoms with Crippen LogP contribution in [0, 0.1) is 5.92 Å². The lowest BCUT2D eigenvalue weighted by molar-refractivity contribution is -0.120. The fraction of sp³-hybridized carbons (Fsp3) is 0.545. The van der Waals surface area contributed by atoms with E-state index >= 15 is 0 Å². The maximum Gasteiger partial charge on any atom is 0.224 e. The Balaban J connectivity index is 2.97. The minimum Gasteiger partial charge on any atom is -0.506 e. The lowest BCUT2D eigenvalue weighted by Gasteiger charge is -2.13. The minimum atomic E-state index is -0.0125. The van der Waals surface area contributed by atoms with Crippen LogP contribution >= 0.6 is 15.9 Å². The highest BCUT2D eigenvalue weighted by Gasteiger charge is 2.19. The Hall–Kier alpha value is -0.770. The van der Waals surface area contributed by atoms with Gasteiger partial charge in [-0.05, 0) is 36.2 Å². The van der Waals surface area contributed by atoms with Crippen LogP contribution in [0.2, 0.25) is 0 Å². The number of carbonyl (C=O) groups is 1. The fourth-order valence-corrected chi connectivity index (χ4v) is 1.85. The van der Waals surface area contributed by atoms with Gasteiger partial charge >= 0.3 is 0 Å². The van der Waals surface area contributed by atoms with Crippen molar-refractivity contribution in [3.8, 4) is 0 Å². The topological polar surface area (TPSA) is 49.3 Å². The smallest absolute Gasteiger partial charge is 0.224 e. The van der Waals surface area contributed by atoms with Crippen molar-refractivity contribution in [1.29, 1.82) is 0 Å². The predicted octanol–water partition coefficient (Wildman–Crippen LogP) is 2.99. The Morgan fingerprint density at radius 3 is 2.93 bits per heavy atom. The molecule has 1 amide bonds. The molecule has 1 atom stereocenters. The van der Waals surface area contributed by atoms with Crippen LogP contribution in [0.25, 0.3) is 0 Å². The lowest BCUT2D eigenvalue weighted by Crippen LogP contribution is -2.24. The normalized spacial score (nSPS) is 27.0. The van der Waals surface area contributed by atoms with E-state index in [1.807, 2.05) is 13.8 Å². The van der Waals surface area contributed by atoms with Gasteiger partial charge < -0.3 is 10.4 Å². The Bertz CT molecular complexity index is 317. The molecule has 1 fully saturated rings. The van der Waals surface area contributed by atoms with E-state index in [1.54, 1.807) is 6.08 Å². The molecule has 1 aliphatic heterocycles. The molecular formula is C11H16BrNO2. The van der Waals surface area contributed by atoms with Gasteiger partial charge in [0.05, 0.1) is 5.70 Å². The summed E-state index contributed by atoms with van der Waals surface area (Å²) < 4.78 is 0.832. The maximum atomic E-state index is 11.3. The molecule has 0 spiro atoms. The molecule has 0 unspecified atom stereocenters. The van der Waals surface area contributed by atoms with Gasteiger partial charge in [-0.3, -0.25) is 4.79 Å². The molecule has 0 bridgehead atoms. The maximum absolute atomic E-state index is 11.3. The second-order valence-corrected chi connectivity index (χ2v) is 5.12.